The molecule has 1 aromatic carbocycles. The molecule has 0 unspecified atom stereocenters. The summed E-state index contributed by atoms with van der Waals surface area (Å²) in [5, 5.41) is 3.71. The van der Waals surface area contributed by atoms with Crippen LogP contribution < -0.4 is 10.1 Å². The summed E-state index contributed by atoms with van der Waals surface area (Å²) in [6.45, 7) is 8.02. The Labute approximate surface area is 196 Å². The topological polar surface area (TPSA) is 79.1 Å². The van der Waals surface area contributed by atoms with Crippen molar-refractivity contribution in [2.45, 2.75) is 33.6 Å². The summed E-state index contributed by atoms with van der Waals surface area (Å²) in [7, 11) is 0. The van der Waals surface area contributed by atoms with Gasteiger partial charge in [0.2, 0.25) is 0 Å². The molecule has 0 atom stereocenters. The normalized spacial score (nSPS) is 14.3. The van der Waals surface area contributed by atoms with Crippen LogP contribution >= 0.6 is 11.6 Å². The molecular formula is C25H26ClN4O3+. The average Bonchev–Trinajstić information content (AvgIpc) is 3.23. The number of pyridine rings is 1. The van der Waals surface area contributed by atoms with Crippen LogP contribution in [0.5, 0.6) is 0 Å². The van der Waals surface area contributed by atoms with Gasteiger partial charge in [0.15, 0.2) is 12.4 Å². The molecule has 1 N–H and O–H groups in total. The highest BCUT2D eigenvalue weighted by atomic mass is 35.5. The van der Waals surface area contributed by atoms with E-state index in [1.54, 1.807) is 53.4 Å². The van der Waals surface area contributed by atoms with E-state index in [-0.39, 0.29) is 35.2 Å². The van der Waals surface area contributed by atoms with Gasteiger partial charge >= 0.3 is 5.91 Å². The van der Waals surface area contributed by atoms with Crippen LogP contribution in [0.3, 0.4) is 0 Å². The minimum Gasteiger partial charge on any atom is -0.294 e. The van der Waals surface area contributed by atoms with Crippen LogP contribution in [0.4, 0.5) is 0 Å². The van der Waals surface area contributed by atoms with Crippen molar-refractivity contribution in [2.24, 2.45) is 5.92 Å². The molecule has 1 aliphatic rings. The molecule has 0 aliphatic carbocycles. The third-order valence-corrected chi connectivity index (χ3v) is 5.75. The number of aromatic nitrogens is 3. The minimum absolute atomic E-state index is 0.0841. The molecule has 33 heavy (non-hydrogen) atoms. The number of halogens is 1. The summed E-state index contributed by atoms with van der Waals surface area (Å²) >= 11 is 6.01. The molecule has 2 aromatic heterocycles. The summed E-state index contributed by atoms with van der Waals surface area (Å²) in [6.07, 6.45) is 3.41. The van der Waals surface area contributed by atoms with Gasteiger partial charge < -0.3 is 0 Å². The first-order chi connectivity index (χ1) is 15.7. The Morgan fingerprint density at radius 1 is 0.939 bits per heavy atom. The van der Waals surface area contributed by atoms with Gasteiger partial charge in [-0.05, 0) is 36.1 Å². The number of H-pyrrole nitrogens is 1. The first-order valence-electron chi connectivity index (χ1n) is 10.9. The molecule has 3 heterocycles. The Hall–Kier alpha value is -3.45. The van der Waals surface area contributed by atoms with Crippen LogP contribution in [0.15, 0.2) is 59.7 Å². The molecule has 4 rings (SSSR count). The smallest absolute Gasteiger partial charge is 0.294 e. The third kappa shape index (κ3) is 4.04. The van der Waals surface area contributed by atoms with E-state index in [1.165, 1.54) is 9.58 Å². The predicted molar refractivity (Wildman–Crippen MR) is 127 cm³/mol. The fourth-order valence-electron chi connectivity index (χ4n) is 3.99. The molecule has 2 amide bonds. The lowest BCUT2D eigenvalue weighted by Gasteiger charge is -2.16. The fraction of sp³-hybridized carbons (Fsp3) is 0.280. The number of amides is 2. The van der Waals surface area contributed by atoms with Crippen molar-refractivity contribution in [2.75, 3.05) is 6.54 Å². The Bertz CT molecular complexity index is 1300. The monoisotopic (exact) mass is 465 g/mol. The maximum Gasteiger partial charge on any atom is 0.326 e. The molecule has 0 bridgehead atoms. The molecule has 0 saturated heterocycles. The SMILES string of the molecule is CC(C)CN1C(=O)C(c2c(C(C)C)[nH]n(-c3ccc(Cl)cc3)c2=O)=C([n+]2ccccc2)C1=O. The maximum absolute atomic E-state index is 13.7. The zero-order valence-electron chi connectivity index (χ0n) is 19.0. The van der Waals surface area contributed by atoms with Gasteiger partial charge in [0, 0.05) is 29.4 Å². The minimum atomic E-state index is -0.457. The maximum atomic E-state index is 13.7. The first-order valence-corrected chi connectivity index (χ1v) is 11.3. The number of nitrogens with one attached hydrogen (secondary N) is 1. The molecule has 0 saturated carbocycles. The molecule has 1 aliphatic heterocycles. The highest BCUT2D eigenvalue weighted by Crippen LogP contribution is 2.32. The number of carbonyl (C=O) groups excluding carboxylic acids is 2. The van der Waals surface area contributed by atoms with Crippen LogP contribution in [0.1, 0.15) is 44.9 Å². The predicted octanol–water partition coefficient (Wildman–Crippen LogP) is 3.62. The van der Waals surface area contributed by atoms with Crippen molar-refractivity contribution in [3.8, 4) is 5.69 Å². The van der Waals surface area contributed by atoms with Crippen LogP contribution in [0, 0.1) is 5.92 Å². The van der Waals surface area contributed by atoms with Crippen molar-refractivity contribution < 1.29 is 14.2 Å². The van der Waals surface area contributed by atoms with E-state index in [0.717, 1.165) is 0 Å². The first kappa shape index (κ1) is 22.7. The van der Waals surface area contributed by atoms with Gasteiger partial charge in [-0.25, -0.2) is 4.68 Å². The van der Waals surface area contributed by atoms with Crippen LogP contribution in [-0.4, -0.2) is 33.0 Å². The molecule has 7 nitrogen and oxygen atoms in total. The van der Waals surface area contributed by atoms with Crippen molar-refractivity contribution >= 4 is 34.7 Å². The van der Waals surface area contributed by atoms with Gasteiger partial charge in [0.1, 0.15) is 5.57 Å². The van der Waals surface area contributed by atoms with Gasteiger partial charge in [0.05, 0.1) is 11.3 Å². The standard InChI is InChI=1S/C25H25ClN4O3/c1-15(2)14-29-23(31)20(22(25(29)33)28-12-6-5-7-13-28)19-21(16(3)4)27-30(24(19)32)18-10-8-17(26)9-11-18/h5-13,15-16H,14H2,1-4H3/p+1. The number of rotatable bonds is 6. The largest absolute Gasteiger partial charge is 0.326 e. The van der Waals surface area contributed by atoms with E-state index in [2.05, 4.69) is 5.10 Å². The summed E-state index contributed by atoms with van der Waals surface area (Å²) in [5.41, 5.74) is 1.31. The second-order valence-electron chi connectivity index (χ2n) is 8.79. The van der Waals surface area contributed by atoms with Crippen LogP contribution in [0.25, 0.3) is 17.0 Å². The second kappa shape index (κ2) is 8.83. The third-order valence-electron chi connectivity index (χ3n) is 5.50. The molecule has 0 fully saturated rings. The summed E-state index contributed by atoms with van der Waals surface area (Å²) in [4.78, 5) is 42.0. The number of carbonyl (C=O) groups is 2. The van der Waals surface area contributed by atoms with Gasteiger partial charge in [-0.3, -0.25) is 24.4 Å². The van der Waals surface area contributed by atoms with Gasteiger partial charge in [-0.1, -0.05) is 45.4 Å². The Morgan fingerprint density at radius 2 is 1.58 bits per heavy atom. The summed E-state index contributed by atoms with van der Waals surface area (Å²) in [6, 6.07) is 12.2. The Kier molecular flexibility index (Phi) is 6.08. The number of benzene rings is 1. The van der Waals surface area contributed by atoms with Crippen LogP contribution in [0.2, 0.25) is 5.02 Å². The number of nitrogens with zero attached hydrogens (tertiary/aromatic N) is 3. The highest BCUT2D eigenvalue weighted by molar-refractivity contribution is 6.44. The van der Waals surface area contributed by atoms with Crippen molar-refractivity contribution in [3.63, 3.8) is 0 Å². The van der Waals surface area contributed by atoms with E-state index in [4.69, 9.17) is 11.6 Å². The number of hydrogen-bond donors (Lipinski definition) is 1. The molecule has 3 aromatic rings. The molecule has 170 valence electrons. The second-order valence-corrected chi connectivity index (χ2v) is 9.23. The lowest BCUT2D eigenvalue weighted by Crippen LogP contribution is -2.40. The Morgan fingerprint density at radius 3 is 2.15 bits per heavy atom. The number of imide groups is 1. The zero-order valence-corrected chi connectivity index (χ0v) is 19.8. The van der Waals surface area contributed by atoms with Crippen molar-refractivity contribution in [3.05, 3.63) is 81.5 Å². The molecular weight excluding hydrogens is 440 g/mol. The van der Waals surface area contributed by atoms with Crippen molar-refractivity contribution in [1.82, 2.24) is 14.7 Å². The number of aromatic amines is 1. The number of hydrogen-bond acceptors (Lipinski definition) is 3. The molecule has 8 heteroatoms. The molecule has 0 spiro atoms. The fourth-order valence-corrected chi connectivity index (χ4v) is 4.12. The zero-order chi connectivity index (χ0) is 23.9. The summed E-state index contributed by atoms with van der Waals surface area (Å²) < 4.78 is 3.00. The van der Waals surface area contributed by atoms with E-state index >= 15 is 0 Å². The van der Waals surface area contributed by atoms with E-state index < -0.39 is 17.4 Å². The van der Waals surface area contributed by atoms with Gasteiger partial charge in [-0.2, -0.15) is 4.57 Å². The quantitative estimate of drug-likeness (QED) is 0.446. The van der Waals surface area contributed by atoms with E-state index in [9.17, 15) is 14.4 Å². The lowest BCUT2D eigenvalue weighted by atomic mass is 9.98. The van der Waals surface area contributed by atoms with E-state index in [1.807, 2.05) is 33.8 Å². The van der Waals surface area contributed by atoms with Crippen molar-refractivity contribution in [1.29, 1.82) is 0 Å². The molecule has 0 radical (unpaired) electrons. The van der Waals surface area contributed by atoms with Gasteiger partial charge in [0.25, 0.3) is 17.2 Å². The average molecular weight is 466 g/mol. The summed E-state index contributed by atoms with van der Waals surface area (Å²) in [5.74, 6) is -0.881. The Balaban J connectivity index is 2.00. The van der Waals surface area contributed by atoms with Gasteiger partial charge in [-0.15, -0.1) is 0 Å². The van der Waals surface area contributed by atoms with E-state index in [0.29, 0.717) is 16.4 Å². The highest BCUT2D eigenvalue weighted by Gasteiger charge is 2.47. The van der Waals surface area contributed by atoms with Crippen LogP contribution in [-0.2, 0) is 9.59 Å². The lowest BCUT2D eigenvalue weighted by molar-refractivity contribution is -0.576.